The summed E-state index contributed by atoms with van der Waals surface area (Å²) in [5, 5.41) is 3.61. The normalized spacial score (nSPS) is 21.4. The van der Waals surface area contributed by atoms with Crippen LogP contribution in [0.1, 0.15) is 38.8 Å². The molecule has 2 nitrogen and oxygen atoms in total. The van der Waals surface area contributed by atoms with Crippen LogP contribution in [0.15, 0.2) is 24.3 Å². The van der Waals surface area contributed by atoms with Crippen LogP contribution < -0.4 is 10.2 Å². The standard InChI is InChI=1S/C16H26N2S/c1-4-15(17-5-2)14-8-6-7-9-16(14)18-10-11-19-12-13(18)3/h6-9,13,15,17H,4-5,10-12H2,1-3H3. The van der Waals surface area contributed by atoms with Crippen molar-refractivity contribution in [3.05, 3.63) is 29.8 Å². The van der Waals surface area contributed by atoms with E-state index in [0.717, 1.165) is 13.0 Å². The smallest absolute Gasteiger partial charge is 0.0417 e. The van der Waals surface area contributed by atoms with Gasteiger partial charge in [-0.15, -0.1) is 0 Å². The quantitative estimate of drug-likeness (QED) is 0.884. The molecule has 1 fully saturated rings. The molecule has 0 bridgehead atoms. The van der Waals surface area contributed by atoms with Crippen molar-refractivity contribution in [1.82, 2.24) is 5.32 Å². The first-order chi connectivity index (χ1) is 9.27. The SMILES string of the molecule is CCNC(CC)c1ccccc1N1CCSCC1C. The molecule has 2 rings (SSSR count). The van der Waals surface area contributed by atoms with Crippen molar-refractivity contribution in [3.63, 3.8) is 0 Å². The predicted molar refractivity (Wildman–Crippen MR) is 87.3 cm³/mol. The lowest BCUT2D eigenvalue weighted by Crippen LogP contribution is -2.41. The maximum atomic E-state index is 3.61. The Bertz CT molecular complexity index is 394. The Hall–Kier alpha value is -0.670. The summed E-state index contributed by atoms with van der Waals surface area (Å²) in [6.45, 7) is 8.99. The molecule has 106 valence electrons. The van der Waals surface area contributed by atoms with E-state index in [1.54, 1.807) is 0 Å². The summed E-state index contributed by atoms with van der Waals surface area (Å²) in [6, 6.07) is 10.0. The fourth-order valence-electron chi connectivity index (χ4n) is 2.85. The minimum Gasteiger partial charge on any atom is -0.367 e. The molecule has 1 heterocycles. The zero-order valence-corrected chi connectivity index (χ0v) is 13.2. The molecule has 0 aromatic heterocycles. The highest BCUT2D eigenvalue weighted by atomic mass is 32.2. The van der Waals surface area contributed by atoms with E-state index in [1.165, 1.54) is 29.3 Å². The Morgan fingerprint density at radius 2 is 2.16 bits per heavy atom. The zero-order valence-electron chi connectivity index (χ0n) is 12.4. The second kappa shape index (κ2) is 7.20. The topological polar surface area (TPSA) is 15.3 Å². The van der Waals surface area contributed by atoms with Crippen molar-refractivity contribution in [2.45, 2.75) is 39.3 Å². The molecule has 2 atom stereocenters. The Kier molecular flexibility index (Phi) is 5.59. The number of hydrogen-bond donors (Lipinski definition) is 1. The molecule has 2 unspecified atom stereocenters. The average Bonchev–Trinajstić information content (AvgIpc) is 2.45. The first-order valence-corrected chi connectivity index (χ1v) is 8.60. The van der Waals surface area contributed by atoms with Crippen molar-refractivity contribution in [2.24, 2.45) is 0 Å². The van der Waals surface area contributed by atoms with Crippen LogP contribution in [0.2, 0.25) is 0 Å². The Labute approximate surface area is 122 Å². The zero-order chi connectivity index (χ0) is 13.7. The highest BCUT2D eigenvalue weighted by molar-refractivity contribution is 7.99. The van der Waals surface area contributed by atoms with E-state index >= 15 is 0 Å². The van der Waals surface area contributed by atoms with Gasteiger partial charge in [-0.2, -0.15) is 11.8 Å². The molecular formula is C16H26N2S. The van der Waals surface area contributed by atoms with Crippen LogP contribution in [0.4, 0.5) is 5.69 Å². The van der Waals surface area contributed by atoms with Gasteiger partial charge < -0.3 is 10.2 Å². The van der Waals surface area contributed by atoms with Crippen LogP contribution in [-0.4, -0.2) is 30.6 Å². The lowest BCUT2D eigenvalue weighted by molar-refractivity contribution is 0.534. The minimum absolute atomic E-state index is 0.475. The van der Waals surface area contributed by atoms with Crippen molar-refractivity contribution >= 4 is 17.4 Å². The number of nitrogens with zero attached hydrogens (tertiary/aromatic N) is 1. The summed E-state index contributed by atoms with van der Waals surface area (Å²) in [5.41, 5.74) is 2.90. The summed E-state index contributed by atoms with van der Waals surface area (Å²) < 4.78 is 0. The average molecular weight is 278 g/mol. The lowest BCUT2D eigenvalue weighted by atomic mass is 10.0. The van der Waals surface area contributed by atoms with Gasteiger partial charge in [-0.25, -0.2) is 0 Å². The summed E-state index contributed by atoms with van der Waals surface area (Å²) in [7, 11) is 0. The molecule has 1 N–H and O–H groups in total. The van der Waals surface area contributed by atoms with Crippen LogP contribution in [0.3, 0.4) is 0 Å². The highest BCUT2D eigenvalue weighted by Crippen LogP contribution is 2.31. The van der Waals surface area contributed by atoms with Gasteiger partial charge in [0.15, 0.2) is 0 Å². The Morgan fingerprint density at radius 3 is 2.84 bits per heavy atom. The molecule has 0 amide bonds. The van der Waals surface area contributed by atoms with Gasteiger partial charge in [0.05, 0.1) is 0 Å². The molecule has 0 spiro atoms. The second-order valence-corrected chi connectivity index (χ2v) is 6.34. The van der Waals surface area contributed by atoms with E-state index in [0.29, 0.717) is 12.1 Å². The van der Waals surface area contributed by atoms with Crippen molar-refractivity contribution in [1.29, 1.82) is 0 Å². The first-order valence-electron chi connectivity index (χ1n) is 7.44. The van der Waals surface area contributed by atoms with Gasteiger partial charge in [0, 0.05) is 35.8 Å². The van der Waals surface area contributed by atoms with Crippen molar-refractivity contribution < 1.29 is 0 Å². The fraction of sp³-hybridized carbons (Fsp3) is 0.625. The van der Waals surface area contributed by atoms with Crippen LogP contribution in [-0.2, 0) is 0 Å². The molecule has 19 heavy (non-hydrogen) atoms. The monoisotopic (exact) mass is 278 g/mol. The largest absolute Gasteiger partial charge is 0.367 e. The number of hydrogen-bond acceptors (Lipinski definition) is 3. The highest BCUT2D eigenvalue weighted by Gasteiger charge is 2.23. The van der Waals surface area contributed by atoms with Crippen LogP contribution in [0, 0.1) is 0 Å². The third-order valence-electron chi connectivity index (χ3n) is 3.85. The lowest BCUT2D eigenvalue weighted by Gasteiger charge is -2.37. The summed E-state index contributed by atoms with van der Waals surface area (Å²) in [6.07, 6.45) is 1.14. The molecule has 0 aliphatic carbocycles. The van der Waals surface area contributed by atoms with E-state index in [1.807, 2.05) is 0 Å². The summed E-state index contributed by atoms with van der Waals surface area (Å²) in [5.74, 6) is 2.49. The molecular weight excluding hydrogens is 252 g/mol. The van der Waals surface area contributed by atoms with E-state index in [9.17, 15) is 0 Å². The number of anilines is 1. The number of rotatable bonds is 5. The van der Waals surface area contributed by atoms with Crippen LogP contribution in [0.25, 0.3) is 0 Å². The molecule has 1 saturated heterocycles. The van der Waals surface area contributed by atoms with Crippen LogP contribution in [0.5, 0.6) is 0 Å². The predicted octanol–water partition coefficient (Wildman–Crippen LogP) is 3.69. The number of thioether (sulfide) groups is 1. The Balaban J connectivity index is 2.28. The third-order valence-corrected chi connectivity index (χ3v) is 5.04. The van der Waals surface area contributed by atoms with E-state index in [2.05, 4.69) is 67.0 Å². The maximum absolute atomic E-state index is 3.61. The van der Waals surface area contributed by atoms with Gasteiger partial charge in [0.25, 0.3) is 0 Å². The molecule has 0 radical (unpaired) electrons. The van der Waals surface area contributed by atoms with Gasteiger partial charge in [-0.1, -0.05) is 32.0 Å². The van der Waals surface area contributed by atoms with E-state index in [4.69, 9.17) is 0 Å². The Morgan fingerprint density at radius 1 is 1.37 bits per heavy atom. The molecule has 3 heteroatoms. The van der Waals surface area contributed by atoms with Gasteiger partial charge in [-0.05, 0) is 31.5 Å². The minimum atomic E-state index is 0.475. The van der Waals surface area contributed by atoms with Crippen molar-refractivity contribution in [3.8, 4) is 0 Å². The second-order valence-electron chi connectivity index (χ2n) is 5.19. The number of benzene rings is 1. The van der Waals surface area contributed by atoms with Gasteiger partial charge in [-0.3, -0.25) is 0 Å². The first kappa shape index (κ1) is 14.7. The summed E-state index contributed by atoms with van der Waals surface area (Å²) >= 11 is 2.07. The van der Waals surface area contributed by atoms with E-state index < -0.39 is 0 Å². The van der Waals surface area contributed by atoms with Gasteiger partial charge in [0.1, 0.15) is 0 Å². The number of para-hydroxylation sites is 1. The molecule has 1 aromatic carbocycles. The van der Waals surface area contributed by atoms with Crippen molar-refractivity contribution in [2.75, 3.05) is 29.5 Å². The molecule has 0 saturated carbocycles. The summed E-state index contributed by atoms with van der Waals surface area (Å²) in [4.78, 5) is 2.59. The van der Waals surface area contributed by atoms with Gasteiger partial charge >= 0.3 is 0 Å². The molecule has 1 aliphatic heterocycles. The fourth-order valence-corrected chi connectivity index (χ4v) is 3.86. The van der Waals surface area contributed by atoms with E-state index in [-0.39, 0.29) is 0 Å². The van der Waals surface area contributed by atoms with Gasteiger partial charge in [0.2, 0.25) is 0 Å². The molecule has 1 aliphatic rings. The maximum Gasteiger partial charge on any atom is 0.0417 e. The van der Waals surface area contributed by atoms with Crippen LogP contribution >= 0.6 is 11.8 Å². The third kappa shape index (κ3) is 3.46. The molecule has 1 aromatic rings. The number of nitrogens with one attached hydrogen (secondary N) is 1.